The zero-order chi connectivity index (χ0) is 19.0. The zero-order valence-corrected chi connectivity index (χ0v) is 16.4. The monoisotopic (exact) mass is 370 g/mol. The van der Waals surface area contributed by atoms with E-state index >= 15 is 0 Å². The van der Waals surface area contributed by atoms with Crippen molar-refractivity contribution >= 4 is 22.8 Å². The van der Waals surface area contributed by atoms with Gasteiger partial charge in [-0.1, -0.05) is 55.9 Å². The Labute approximate surface area is 155 Å². The predicted octanol–water partition coefficient (Wildman–Crippen LogP) is 3.00. The average Bonchev–Trinajstić information content (AvgIpc) is 2.64. The van der Waals surface area contributed by atoms with Gasteiger partial charge in [0.2, 0.25) is 0 Å². The molecule has 1 atom stereocenters. The van der Waals surface area contributed by atoms with E-state index in [0.717, 1.165) is 10.1 Å². The summed E-state index contributed by atoms with van der Waals surface area (Å²) in [6, 6.07) is 10.1. The van der Waals surface area contributed by atoms with Gasteiger partial charge in [0.15, 0.2) is 5.65 Å². The molecular weight excluding hydrogens is 348 g/mol. The highest BCUT2D eigenvalue weighted by Gasteiger charge is 2.20. The zero-order valence-electron chi connectivity index (χ0n) is 15.6. The standard InChI is InChI=1S/C19H22N4O2S/c1-11(2)15-20-16-14(18(24)23(5)19(25)22(16)4)17(21-15)26-12(3)13-9-7-6-8-10-13/h6-12H,1-5H3/t12-/m1/s1. The molecular formula is C19H22N4O2S. The first-order valence-corrected chi connectivity index (χ1v) is 9.38. The van der Waals surface area contributed by atoms with Crippen LogP contribution in [0.5, 0.6) is 0 Å². The molecule has 0 unspecified atom stereocenters. The third kappa shape index (κ3) is 3.19. The third-order valence-electron chi connectivity index (χ3n) is 4.36. The lowest BCUT2D eigenvalue weighted by atomic mass is 10.2. The van der Waals surface area contributed by atoms with Gasteiger partial charge in [-0.3, -0.25) is 13.9 Å². The van der Waals surface area contributed by atoms with Gasteiger partial charge in [0.05, 0.1) is 0 Å². The molecule has 0 aliphatic rings. The molecule has 0 saturated carbocycles. The summed E-state index contributed by atoms with van der Waals surface area (Å²) in [5.74, 6) is 0.716. The molecule has 136 valence electrons. The van der Waals surface area contributed by atoms with Crippen molar-refractivity contribution in [1.29, 1.82) is 0 Å². The Morgan fingerprint density at radius 2 is 1.62 bits per heavy atom. The molecule has 7 heteroatoms. The largest absolute Gasteiger partial charge is 0.332 e. The maximum absolute atomic E-state index is 12.8. The lowest BCUT2D eigenvalue weighted by molar-refractivity contribution is 0.689. The summed E-state index contributed by atoms with van der Waals surface area (Å²) in [5.41, 5.74) is 0.792. The first kappa shape index (κ1) is 18.4. The van der Waals surface area contributed by atoms with Crippen LogP contribution in [0.2, 0.25) is 0 Å². The number of benzene rings is 1. The number of hydrogen-bond donors (Lipinski definition) is 0. The maximum atomic E-state index is 12.8. The van der Waals surface area contributed by atoms with Gasteiger partial charge in [0, 0.05) is 25.3 Å². The van der Waals surface area contributed by atoms with Gasteiger partial charge in [0.25, 0.3) is 5.56 Å². The molecule has 0 aliphatic carbocycles. The van der Waals surface area contributed by atoms with Gasteiger partial charge < -0.3 is 0 Å². The quantitative estimate of drug-likeness (QED) is 0.522. The molecule has 0 amide bonds. The number of fused-ring (bicyclic) bond motifs is 1. The van der Waals surface area contributed by atoms with Gasteiger partial charge >= 0.3 is 5.69 Å². The van der Waals surface area contributed by atoms with Crippen LogP contribution in [0.4, 0.5) is 0 Å². The summed E-state index contributed by atoms with van der Waals surface area (Å²) in [5, 5.41) is 1.12. The fourth-order valence-electron chi connectivity index (χ4n) is 2.75. The van der Waals surface area contributed by atoms with Crippen molar-refractivity contribution in [2.45, 2.75) is 37.0 Å². The van der Waals surface area contributed by atoms with Gasteiger partial charge in [-0.2, -0.15) is 0 Å². The van der Waals surface area contributed by atoms with Crippen molar-refractivity contribution in [2.24, 2.45) is 14.1 Å². The van der Waals surface area contributed by atoms with E-state index in [1.54, 1.807) is 7.05 Å². The van der Waals surface area contributed by atoms with Crippen LogP contribution in [0.25, 0.3) is 11.0 Å². The van der Waals surface area contributed by atoms with E-state index < -0.39 is 0 Å². The van der Waals surface area contributed by atoms with Crippen LogP contribution in [-0.4, -0.2) is 19.1 Å². The van der Waals surface area contributed by atoms with Crippen molar-refractivity contribution in [3.05, 3.63) is 62.6 Å². The number of nitrogens with zero attached hydrogens (tertiary/aromatic N) is 4. The summed E-state index contributed by atoms with van der Waals surface area (Å²) in [6.07, 6.45) is 0. The highest BCUT2D eigenvalue weighted by atomic mass is 32.2. The van der Waals surface area contributed by atoms with E-state index in [1.807, 2.05) is 32.0 Å². The first-order valence-electron chi connectivity index (χ1n) is 8.50. The Morgan fingerprint density at radius 3 is 2.23 bits per heavy atom. The van der Waals surface area contributed by atoms with Gasteiger partial charge in [-0.05, 0) is 12.5 Å². The van der Waals surface area contributed by atoms with Gasteiger partial charge in [0.1, 0.15) is 16.2 Å². The van der Waals surface area contributed by atoms with E-state index in [9.17, 15) is 9.59 Å². The molecule has 2 heterocycles. The minimum Gasteiger partial charge on any atom is -0.280 e. The number of thioether (sulfide) groups is 1. The lowest BCUT2D eigenvalue weighted by Crippen LogP contribution is -2.38. The van der Waals surface area contributed by atoms with E-state index in [2.05, 4.69) is 29.0 Å². The fourth-order valence-corrected chi connectivity index (χ4v) is 3.82. The van der Waals surface area contributed by atoms with Crippen molar-refractivity contribution < 1.29 is 0 Å². The summed E-state index contributed by atoms with van der Waals surface area (Å²) in [7, 11) is 3.12. The molecule has 0 saturated heterocycles. The SMILES string of the molecule is CC(C)c1nc(S[C@H](C)c2ccccc2)c2c(=O)n(C)c(=O)n(C)c2n1. The molecule has 1 aromatic carbocycles. The number of aromatic nitrogens is 4. The first-order chi connectivity index (χ1) is 12.3. The third-order valence-corrected chi connectivity index (χ3v) is 5.50. The molecule has 3 rings (SSSR count). The van der Waals surface area contributed by atoms with E-state index in [-0.39, 0.29) is 22.4 Å². The molecule has 0 fully saturated rings. The molecule has 0 aliphatic heterocycles. The molecule has 0 bridgehead atoms. The topological polar surface area (TPSA) is 69.8 Å². The molecule has 26 heavy (non-hydrogen) atoms. The minimum atomic E-state index is -0.386. The molecule has 0 spiro atoms. The Morgan fingerprint density at radius 1 is 0.962 bits per heavy atom. The summed E-state index contributed by atoms with van der Waals surface area (Å²) in [6.45, 7) is 6.07. The van der Waals surface area contributed by atoms with Gasteiger partial charge in [-0.15, -0.1) is 0 Å². The van der Waals surface area contributed by atoms with Gasteiger partial charge in [-0.25, -0.2) is 14.8 Å². The van der Waals surface area contributed by atoms with Crippen LogP contribution in [0.15, 0.2) is 44.9 Å². The Balaban J connectivity index is 2.26. The molecule has 0 N–H and O–H groups in total. The number of rotatable bonds is 4. The molecule has 0 radical (unpaired) electrons. The van der Waals surface area contributed by atoms with Crippen molar-refractivity contribution in [2.75, 3.05) is 0 Å². The van der Waals surface area contributed by atoms with Crippen LogP contribution in [0.1, 0.15) is 43.3 Å². The summed E-state index contributed by atoms with van der Waals surface area (Å²) < 4.78 is 2.53. The molecule has 3 aromatic rings. The van der Waals surface area contributed by atoms with Crippen LogP contribution in [0, 0.1) is 0 Å². The van der Waals surface area contributed by atoms with Crippen molar-refractivity contribution in [3.63, 3.8) is 0 Å². The van der Waals surface area contributed by atoms with E-state index in [4.69, 9.17) is 0 Å². The summed E-state index contributed by atoms with van der Waals surface area (Å²) in [4.78, 5) is 34.2. The summed E-state index contributed by atoms with van der Waals surface area (Å²) >= 11 is 1.52. The fraction of sp³-hybridized carbons (Fsp3) is 0.368. The normalized spacial score (nSPS) is 12.7. The minimum absolute atomic E-state index is 0.0879. The lowest BCUT2D eigenvalue weighted by Gasteiger charge is -2.16. The average molecular weight is 370 g/mol. The van der Waals surface area contributed by atoms with E-state index in [1.165, 1.54) is 23.4 Å². The smallest absolute Gasteiger partial charge is 0.280 e. The Kier molecular flexibility index (Phi) is 5.00. The Hall–Kier alpha value is -2.41. The second-order valence-corrected chi connectivity index (χ2v) is 7.95. The van der Waals surface area contributed by atoms with Crippen LogP contribution < -0.4 is 11.2 Å². The van der Waals surface area contributed by atoms with Crippen molar-refractivity contribution in [3.8, 4) is 0 Å². The highest BCUT2D eigenvalue weighted by Crippen LogP contribution is 2.36. The number of aryl methyl sites for hydroxylation is 1. The molecule has 2 aromatic heterocycles. The van der Waals surface area contributed by atoms with Crippen molar-refractivity contribution in [1.82, 2.24) is 19.1 Å². The van der Waals surface area contributed by atoms with Crippen LogP contribution >= 0.6 is 11.8 Å². The van der Waals surface area contributed by atoms with E-state index in [0.29, 0.717) is 21.9 Å². The predicted molar refractivity (Wildman–Crippen MR) is 105 cm³/mol. The Bertz CT molecular complexity index is 1070. The molecule has 6 nitrogen and oxygen atoms in total. The van der Waals surface area contributed by atoms with Crippen LogP contribution in [0.3, 0.4) is 0 Å². The maximum Gasteiger partial charge on any atom is 0.332 e. The highest BCUT2D eigenvalue weighted by molar-refractivity contribution is 7.99. The second-order valence-electron chi connectivity index (χ2n) is 6.62. The number of hydrogen-bond acceptors (Lipinski definition) is 5. The second kappa shape index (κ2) is 7.07. The van der Waals surface area contributed by atoms with Crippen LogP contribution in [-0.2, 0) is 14.1 Å².